The largest absolute Gasteiger partial charge is 0.484 e. The molecule has 0 radical (unpaired) electrons. The first kappa shape index (κ1) is 13.4. The summed E-state index contributed by atoms with van der Waals surface area (Å²) in [6.45, 7) is 1.95. The van der Waals surface area contributed by atoms with Crippen molar-refractivity contribution in [2.24, 2.45) is 0 Å². The maximum atomic E-state index is 11.7. The molecule has 98 valence electrons. The summed E-state index contributed by atoms with van der Waals surface area (Å²) >= 11 is 5.95. The summed E-state index contributed by atoms with van der Waals surface area (Å²) in [6.07, 6.45) is 0. The fraction of sp³-hybridized carbons (Fsp3) is 0.133. The van der Waals surface area contributed by atoms with Crippen LogP contribution in [0.25, 0.3) is 0 Å². The number of halogens is 1. The molecule has 2 aromatic carbocycles. The van der Waals surface area contributed by atoms with Gasteiger partial charge in [-0.15, -0.1) is 0 Å². The molecule has 0 fully saturated rings. The van der Waals surface area contributed by atoms with Crippen molar-refractivity contribution in [3.63, 3.8) is 0 Å². The number of carbonyl (C=O) groups is 1. The van der Waals surface area contributed by atoms with E-state index in [1.807, 2.05) is 37.3 Å². The second-order valence-corrected chi connectivity index (χ2v) is 4.54. The summed E-state index contributed by atoms with van der Waals surface area (Å²) in [4.78, 5) is 11.7. The van der Waals surface area contributed by atoms with Crippen LogP contribution in [0.5, 0.6) is 5.75 Å². The van der Waals surface area contributed by atoms with Gasteiger partial charge >= 0.3 is 0 Å². The number of carbonyl (C=O) groups excluding carboxylic acids is 1. The third kappa shape index (κ3) is 4.00. The van der Waals surface area contributed by atoms with Gasteiger partial charge in [0.05, 0.1) is 10.7 Å². The van der Waals surface area contributed by atoms with Crippen LogP contribution >= 0.6 is 11.6 Å². The van der Waals surface area contributed by atoms with E-state index in [9.17, 15) is 4.79 Å². The van der Waals surface area contributed by atoms with E-state index in [4.69, 9.17) is 16.3 Å². The molecule has 0 heterocycles. The van der Waals surface area contributed by atoms with E-state index in [0.717, 1.165) is 5.56 Å². The highest BCUT2D eigenvalue weighted by Crippen LogP contribution is 2.20. The average molecular weight is 276 g/mol. The highest BCUT2D eigenvalue weighted by molar-refractivity contribution is 6.33. The number of ether oxygens (including phenoxy) is 1. The fourth-order valence-electron chi connectivity index (χ4n) is 1.53. The molecular formula is C15H14ClNO2. The van der Waals surface area contributed by atoms with Gasteiger partial charge in [0.25, 0.3) is 5.91 Å². The van der Waals surface area contributed by atoms with Crippen molar-refractivity contribution in [1.82, 2.24) is 0 Å². The van der Waals surface area contributed by atoms with Crippen molar-refractivity contribution in [3.05, 3.63) is 59.1 Å². The van der Waals surface area contributed by atoms with E-state index in [0.29, 0.717) is 16.5 Å². The minimum absolute atomic E-state index is 0.0473. The van der Waals surface area contributed by atoms with Gasteiger partial charge in [-0.25, -0.2) is 0 Å². The third-order valence-electron chi connectivity index (χ3n) is 2.54. The van der Waals surface area contributed by atoms with E-state index in [-0.39, 0.29) is 12.5 Å². The Morgan fingerprint density at radius 2 is 1.84 bits per heavy atom. The number of nitrogens with one attached hydrogen (secondary N) is 1. The van der Waals surface area contributed by atoms with E-state index >= 15 is 0 Å². The van der Waals surface area contributed by atoms with E-state index in [1.54, 1.807) is 18.2 Å². The van der Waals surface area contributed by atoms with Crippen LogP contribution in [0, 0.1) is 6.92 Å². The number of rotatable bonds is 4. The van der Waals surface area contributed by atoms with Gasteiger partial charge in [0.1, 0.15) is 5.75 Å². The first-order valence-electron chi connectivity index (χ1n) is 5.89. The van der Waals surface area contributed by atoms with Crippen molar-refractivity contribution in [3.8, 4) is 5.75 Å². The molecule has 0 aliphatic rings. The molecule has 0 aliphatic carbocycles. The van der Waals surface area contributed by atoms with Crippen LogP contribution in [0.15, 0.2) is 48.5 Å². The van der Waals surface area contributed by atoms with E-state index < -0.39 is 0 Å². The lowest BCUT2D eigenvalue weighted by atomic mass is 10.2. The van der Waals surface area contributed by atoms with Gasteiger partial charge in [-0.3, -0.25) is 4.79 Å². The lowest BCUT2D eigenvalue weighted by molar-refractivity contribution is -0.118. The normalized spacial score (nSPS) is 10.0. The molecule has 4 heteroatoms. The molecule has 0 saturated carbocycles. The van der Waals surface area contributed by atoms with Gasteiger partial charge in [0, 0.05) is 0 Å². The third-order valence-corrected chi connectivity index (χ3v) is 2.87. The summed E-state index contributed by atoms with van der Waals surface area (Å²) in [7, 11) is 0. The molecule has 0 unspecified atom stereocenters. The maximum absolute atomic E-state index is 11.7. The van der Waals surface area contributed by atoms with Crippen molar-refractivity contribution in [1.29, 1.82) is 0 Å². The molecule has 1 N–H and O–H groups in total. The molecule has 0 bridgehead atoms. The minimum atomic E-state index is -0.242. The first-order valence-corrected chi connectivity index (χ1v) is 6.27. The quantitative estimate of drug-likeness (QED) is 0.925. The van der Waals surface area contributed by atoms with Gasteiger partial charge in [0.15, 0.2) is 6.61 Å². The number of amides is 1. The predicted molar refractivity (Wildman–Crippen MR) is 76.8 cm³/mol. The standard InChI is InChI=1S/C15H14ClNO2/c1-11-6-8-12(9-7-11)19-10-15(18)17-14-5-3-2-4-13(14)16/h2-9H,10H2,1H3,(H,17,18). The summed E-state index contributed by atoms with van der Waals surface area (Å²) in [6, 6.07) is 14.6. The monoisotopic (exact) mass is 275 g/mol. The Morgan fingerprint density at radius 3 is 2.53 bits per heavy atom. The van der Waals surface area contributed by atoms with Crippen LogP contribution in [0.1, 0.15) is 5.56 Å². The molecular weight excluding hydrogens is 262 g/mol. The number of anilines is 1. The Balaban J connectivity index is 1.88. The average Bonchev–Trinajstić information content (AvgIpc) is 2.41. The zero-order valence-corrected chi connectivity index (χ0v) is 11.3. The smallest absolute Gasteiger partial charge is 0.262 e. The lowest BCUT2D eigenvalue weighted by Gasteiger charge is -2.08. The van der Waals surface area contributed by atoms with Crippen LogP contribution in [0.2, 0.25) is 5.02 Å². The number of aryl methyl sites for hydroxylation is 1. The Morgan fingerprint density at radius 1 is 1.16 bits per heavy atom. The Bertz CT molecular complexity index is 567. The van der Waals surface area contributed by atoms with Crippen LogP contribution in [-0.4, -0.2) is 12.5 Å². The zero-order chi connectivity index (χ0) is 13.7. The van der Waals surface area contributed by atoms with Crippen molar-refractivity contribution < 1.29 is 9.53 Å². The minimum Gasteiger partial charge on any atom is -0.484 e. The molecule has 19 heavy (non-hydrogen) atoms. The topological polar surface area (TPSA) is 38.3 Å². The van der Waals surface area contributed by atoms with E-state index in [1.165, 1.54) is 0 Å². The number of benzene rings is 2. The molecule has 0 atom stereocenters. The summed E-state index contributed by atoms with van der Waals surface area (Å²) < 4.78 is 5.38. The number of hydrogen-bond acceptors (Lipinski definition) is 2. The van der Waals surface area contributed by atoms with Crippen molar-refractivity contribution >= 4 is 23.2 Å². The summed E-state index contributed by atoms with van der Waals surface area (Å²) in [5.41, 5.74) is 1.73. The number of hydrogen-bond donors (Lipinski definition) is 1. The molecule has 1 amide bonds. The van der Waals surface area contributed by atoms with Gasteiger partial charge in [-0.1, -0.05) is 41.4 Å². The Labute approximate surface area is 117 Å². The summed E-state index contributed by atoms with van der Waals surface area (Å²) in [5, 5.41) is 3.20. The Hall–Kier alpha value is -2.00. The molecule has 0 spiro atoms. The van der Waals surface area contributed by atoms with Crippen LogP contribution in [0.3, 0.4) is 0 Å². The van der Waals surface area contributed by atoms with Gasteiger partial charge in [-0.05, 0) is 31.2 Å². The lowest BCUT2D eigenvalue weighted by Crippen LogP contribution is -2.20. The maximum Gasteiger partial charge on any atom is 0.262 e. The molecule has 0 saturated heterocycles. The zero-order valence-electron chi connectivity index (χ0n) is 10.5. The molecule has 0 aliphatic heterocycles. The van der Waals surface area contributed by atoms with Gasteiger partial charge in [-0.2, -0.15) is 0 Å². The highest BCUT2D eigenvalue weighted by atomic mass is 35.5. The van der Waals surface area contributed by atoms with Crippen molar-refractivity contribution in [2.45, 2.75) is 6.92 Å². The summed E-state index contributed by atoms with van der Waals surface area (Å²) in [5.74, 6) is 0.425. The van der Waals surface area contributed by atoms with Crippen molar-refractivity contribution in [2.75, 3.05) is 11.9 Å². The second-order valence-electron chi connectivity index (χ2n) is 4.13. The van der Waals surface area contributed by atoms with Crippen LogP contribution in [0.4, 0.5) is 5.69 Å². The highest BCUT2D eigenvalue weighted by Gasteiger charge is 2.05. The Kier molecular flexibility index (Phi) is 4.42. The predicted octanol–water partition coefficient (Wildman–Crippen LogP) is 3.67. The SMILES string of the molecule is Cc1ccc(OCC(=O)Nc2ccccc2Cl)cc1. The number of para-hydroxylation sites is 1. The first-order chi connectivity index (χ1) is 9.15. The van der Waals surface area contributed by atoms with Gasteiger partial charge < -0.3 is 10.1 Å². The molecule has 2 rings (SSSR count). The molecule has 2 aromatic rings. The van der Waals surface area contributed by atoms with Gasteiger partial charge in [0.2, 0.25) is 0 Å². The van der Waals surface area contributed by atoms with Crippen LogP contribution in [-0.2, 0) is 4.79 Å². The molecule has 0 aromatic heterocycles. The molecule has 3 nitrogen and oxygen atoms in total. The van der Waals surface area contributed by atoms with Crippen LogP contribution < -0.4 is 10.1 Å². The fourth-order valence-corrected chi connectivity index (χ4v) is 1.72. The van der Waals surface area contributed by atoms with E-state index in [2.05, 4.69) is 5.32 Å². The second kappa shape index (κ2) is 6.25.